The summed E-state index contributed by atoms with van der Waals surface area (Å²) >= 11 is 0. The predicted octanol–water partition coefficient (Wildman–Crippen LogP) is 5.70. The van der Waals surface area contributed by atoms with Crippen LogP contribution in [0.25, 0.3) is 11.1 Å². The highest BCUT2D eigenvalue weighted by Crippen LogP contribution is 2.24. The Kier molecular flexibility index (Phi) is 9.04. The van der Waals surface area contributed by atoms with Crippen LogP contribution in [0.5, 0.6) is 0 Å². The van der Waals surface area contributed by atoms with Gasteiger partial charge in [0.25, 0.3) is 5.56 Å². The van der Waals surface area contributed by atoms with Crippen molar-refractivity contribution in [3.63, 3.8) is 0 Å². The molecule has 34 heavy (non-hydrogen) atoms. The molecular formula is C28H32N4O2. The number of pyridine rings is 1. The molecule has 0 aliphatic rings. The molecule has 0 atom stereocenters. The van der Waals surface area contributed by atoms with Crippen molar-refractivity contribution < 1.29 is 4.79 Å². The molecule has 6 heteroatoms. The van der Waals surface area contributed by atoms with Crippen molar-refractivity contribution in [2.75, 3.05) is 11.9 Å². The number of nitrogens with one attached hydrogen (secondary N) is 2. The Bertz CT molecular complexity index is 1210. The van der Waals surface area contributed by atoms with E-state index in [-0.39, 0.29) is 17.3 Å². The molecule has 6 nitrogen and oxygen atoms in total. The summed E-state index contributed by atoms with van der Waals surface area (Å²) in [6, 6.07) is 20.9. The number of hydrogen-bond donors (Lipinski definition) is 2. The van der Waals surface area contributed by atoms with Gasteiger partial charge in [-0.05, 0) is 54.2 Å². The van der Waals surface area contributed by atoms with Gasteiger partial charge in [-0.15, -0.1) is 0 Å². The van der Waals surface area contributed by atoms with Gasteiger partial charge in [-0.3, -0.25) is 4.79 Å². The Labute approximate surface area is 201 Å². The molecule has 0 bridgehead atoms. The summed E-state index contributed by atoms with van der Waals surface area (Å²) in [4.78, 5) is 25.5. The number of rotatable bonds is 10. The van der Waals surface area contributed by atoms with Gasteiger partial charge in [0.2, 0.25) is 0 Å². The summed E-state index contributed by atoms with van der Waals surface area (Å²) in [5.41, 5.74) is 4.46. The molecule has 0 aliphatic heterocycles. The van der Waals surface area contributed by atoms with E-state index in [1.54, 1.807) is 16.7 Å². The molecule has 0 unspecified atom stereocenters. The number of carbonyl (C=O) groups excluding carboxylic acids is 1. The minimum atomic E-state index is -0.362. The molecule has 0 aliphatic carbocycles. The number of carbonyl (C=O) groups is 1. The van der Waals surface area contributed by atoms with Crippen LogP contribution in [0.2, 0.25) is 0 Å². The van der Waals surface area contributed by atoms with Crippen LogP contribution in [-0.2, 0) is 13.0 Å². The molecule has 0 fully saturated rings. The third-order valence-corrected chi connectivity index (χ3v) is 5.77. The summed E-state index contributed by atoms with van der Waals surface area (Å²) in [6.45, 7) is 5.16. The molecule has 0 saturated heterocycles. The Morgan fingerprint density at radius 2 is 1.71 bits per heavy atom. The zero-order valence-corrected chi connectivity index (χ0v) is 19.9. The standard InChI is InChI=1S/C28H32N4O2/c1-3-5-10-24-16-17-26(31-28(34)30-18-6-4-2)27(33)32(24)20-21-12-14-22(15-13-21)25-11-8-7-9-23(25)19-29/h7-9,11-17H,3-6,10,18,20H2,1-2H3,(H2,30,31,34). The number of benzene rings is 2. The third kappa shape index (κ3) is 6.35. The zero-order valence-electron chi connectivity index (χ0n) is 19.9. The van der Waals surface area contributed by atoms with E-state index in [4.69, 9.17) is 0 Å². The second-order valence-electron chi connectivity index (χ2n) is 8.32. The number of hydrogen-bond acceptors (Lipinski definition) is 3. The molecule has 2 amide bonds. The minimum Gasteiger partial charge on any atom is -0.338 e. The lowest BCUT2D eigenvalue weighted by molar-refractivity contribution is 0.252. The summed E-state index contributed by atoms with van der Waals surface area (Å²) in [7, 11) is 0. The van der Waals surface area contributed by atoms with Crippen molar-refractivity contribution in [1.82, 2.24) is 9.88 Å². The monoisotopic (exact) mass is 456 g/mol. The maximum atomic E-state index is 13.3. The van der Waals surface area contributed by atoms with E-state index < -0.39 is 0 Å². The van der Waals surface area contributed by atoms with Gasteiger partial charge in [-0.2, -0.15) is 5.26 Å². The third-order valence-electron chi connectivity index (χ3n) is 5.77. The van der Waals surface area contributed by atoms with Gasteiger partial charge in [-0.1, -0.05) is 69.2 Å². The lowest BCUT2D eigenvalue weighted by Crippen LogP contribution is -2.34. The number of aromatic nitrogens is 1. The van der Waals surface area contributed by atoms with Gasteiger partial charge in [0, 0.05) is 12.2 Å². The van der Waals surface area contributed by atoms with E-state index in [0.29, 0.717) is 18.7 Å². The fraction of sp³-hybridized carbons (Fsp3) is 0.321. The average molecular weight is 457 g/mol. The molecule has 2 aromatic carbocycles. The van der Waals surface area contributed by atoms with Crippen LogP contribution in [0.1, 0.15) is 56.4 Å². The van der Waals surface area contributed by atoms with Crippen molar-refractivity contribution >= 4 is 11.7 Å². The van der Waals surface area contributed by atoms with Gasteiger partial charge in [-0.25, -0.2) is 4.79 Å². The van der Waals surface area contributed by atoms with Crippen LogP contribution in [0.15, 0.2) is 65.5 Å². The molecular weight excluding hydrogens is 424 g/mol. The SMILES string of the molecule is CCCCNC(=O)Nc1ccc(CCCC)n(Cc2ccc(-c3ccccc3C#N)cc2)c1=O. The van der Waals surface area contributed by atoms with Crippen molar-refractivity contribution in [3.05, 3.63) is 87.8 Å². The fourth-order valence-corrected chi connectivity index (χ4v) is 3.81. The van der Waals surface area contributed by atoms with Crippen LogP contribution in [-0.4, -0.2) is 17.1 Å². The molecule has 0 radical (unpaired) electrons. The Morgan fingerprint density at radius 1 is 0.971 bits per heavy atom. The smallest absolute Gasteiger partial charge is 0.319 e. The topological polar surface area (TPSA) is 86.9 Å². The van der Waals surface area contributed by atoms with Gasteiger partial charge in [0.1, 0.15) is 5.69 Å². The number of anilines is 1. The Morgan fingerprint density at radius 3 is 2.41 bits per heavy atom. The zero-order chi connectivity index (χ0) is 24.3. The maximum absolute atomic E-state index is 13.3. The molecule has 1 aromatic heterocycles. The van der Waals surface area contributed by atoms with Crippen molar-refractivity contribution in [2.24, 2.45) is 0 Å². The van der Waals surface area contributed by atoms with Crippen molar-refractivity contribution in [3.8, 4) is 17.2 Å². The normalized spacial score (nSPS) is 10.5. The van der Waals surface area contributed by atoms with E-state index in [2.05, 4.69) is 30.6 Å². The first-order chi connectivity index (χ1) is 16.6. The van der Waals surface area contributed by atoms with Gasteiger partial charge >= 0.3 is 6.03 Å². The van der Waals surface area contributed by atoms with Crippen LogP contribution in [0.4, 0.5) is 10.5 Å². The van der Waals surface area contributed by atoms with E-state index in [0.717, 1.165) is 54.5 Å². The van der Waals surface area contributed by atoms with Crippen molar-refractivity contribution in [2.45, 2.75) is 52.5 Å². The van der Waals surface area contributed by atoms with Crippen LogP contribution in [0.3, 0.4) is 0 Å². The first kappa shape index (κ1) is 24.8. The first-order valence-electron chi connectivity index (χ1n) is 11.9. The van der Waals surface area contributed by atoms with Crippen LogP contribution in [0, 0.1) is 11.3 Å². The number of nitriles is 1. The van der Waals surface area contributed by atoms with Gasteiger partial charge in [0.05, 0.1) is 18.2 Å². The lowest BCUT2D eigenvalue weighted by Gasteiger charge is -2.16. The molecule has 3 aromatic rings. The molecule has 3 rings (SSSR count). The van der Waals surface area contributed by atoms with Gasteiger partial charge < -0.3 is 15.2 Å². The molecule has 0 spiro atoms. The Hall–Kier alpha value is -3.85. The maximum Gasteiger partial charge on any atom is 0.319 e. The quantitative estimate of drug-likeness (QED) is 0.384. The number of nitrogens with zero attached hydrogens (tertiary/aromatic N) is 2. The molecule has 176 valence electrons. The Balaban J connectivity index is 1.86. The summed E-state index contributed by atoms with van der Waals surface area (Å²) in [5, 5.41) is 14.9. The minimum absolute atomic E-state index is 0.210. The van der Waals surface area contributed by atoms with Crippen LogP contribution < -0.4 is 16.2 Å². The average Bonchev–Trinajstić information content (AvgIpc) is 2.86. The van der Waals surface area contributed by atoms with E-state index in [9.17, 15) is 14.9 Å². The number of urea groups is 1. The highest BCUT2D eigenvalue weighted by Gasteiger charge is 2.12. The number of aryl methyl sites for hydroxylation is 1. The van der Waals surface area contributed by atoms with E-state index in [1.165, 1.54) is 0 Å². The molecule has 0 saturated carbocycles. The first-order valence-corrected chi connectivity index (χ1v) is 11.9. The highest BCUT2D eigenvalue weighted by atomic mass is 16.2. The van der Waals surface area contributed by atoms with Crippen molar-refractivity contribution in [1.29, 1.82) is 5.26 Å². The fourth-order valence-electron chi connectivity index (χ4n) is 3.81. The largest absolute Gasteiger partial charge is 0.338 e. The summed E-state index contributed by atoms with van der Waals surface area (Å²) in [6.07, 6.45) is 4.68. The van der Waals surface area contributed by atoms with Crippen LogP contribution >= 0.6 is 0 Å². The summed E-state index contributed by atoms with van der Waals surface area (Å²) < 4.78 is 1.75. The molecule has 1 heterocycles. The number of unbranched alkanes of at least 4 members (excludes halogenated alkanes) is 2. The highest BCUT2D eigenvalue weighted by molar-refractivity contribution is 5.88. The van der Waals surface area contributed by atoms with Gasteiger partial charge in [0.15, 0.2) is 0 Å². The van der Waals surface area contributed by atoms with E-state index in [1.807, 2.05) is 48.5 Å². The summed E-state index contributed by atoms with van der Waals surface area (Å²) in [5.74, 6) is 0. The molecule has 2 N–H and O–H groups in total. The van der Waals surface area contributed by atoms with E-state index >= 15 is 0 Å². The number of amides is 2. The predicted molar refractivity (Wildman–Crippen MR) is 137 cm³/mol. The second kappa shape index (κ2) is 12.4. The second-order valence-corrected chi connectivity index (χ2v) is 8.32. The lowest BCUT2D eigenvalue weighted by atomic mass is 9.99.